The number of ether oxygens (including phenoxy) is 2. The Labute approximate surface area is 67.1 Å². The second kappa shape index (κ2) is 5.97. The van der Waals surface area contributed by atoms with Crippen molar-refractivity contribution in [2.75, 3.05) is 26.9 Å². The minimum atomic E-state index is -0.628. The standard InChI is InChI=1S/C7H15NO3/c1-4-8(5-2)6-11-7(9)10-3/h4-6H2,1-3H3. The zero-order valence-electron chi connectivity index (χ0n) is 7.29. The zero-order chi connectivity index (χ0) is 8.69. The third-order valence-electron chi connectivity index (χ3n) is 1.43. The van der Waals surface area contributed by atoms with Gasteiger partial charge in [-0.15, -0.1) is 0 Å². The maximum absolute atomic E-state index is 10.5. The molecule has 11 heavy (non-hydrogen) atoms. The van der Waals surface area contributed by atoms with Crippen molar-refractivity contribution in [1.82, 2.24) is 4.90 Å². The van der Waals surface area contributed by atoms with Gasteiger partial charge in [0, 0.05) is 0 Å². The average molecular weight is 161 g/mol. The molecular formula is C7H15NO3. The van der Waals surface area contributed by atoms with Gasteiger partial charge in [0.15, 0.2) is 0 Å². The summed E-state index contributed by atoms with van der Waals surface area (Å²) in [6.07, 6.45) is -0.628. The van der Waals surface area contributed by atoms with E-state index in [1.54, 1.807) is 0 Å². The van der Waals surface area contributed by atoms with Crippen molar-refractivity contribution in [3.63, 3.8) is 0 Å². The van der Waals surface area contributed by atoms with Gasteiger partial charge < -0.3 is 9.47 Å². The Morgan fingerprint density at radius 1 is 1.36 bits per heavy atom. The van der Waals surface area contributed by atoms with Crippen LogP contribution in [-0.2, 0) is 9.47 Å². The molecular weight excluding hydrogens is 146 g/mol. The summed E-state index contributed by atoms with van der Waals surface area (Å²) in [5, 5.41) is 0. The molecule has 66 valence electrons. The third kappa shape index (κ3) is 4.61. The first-order chi connectivity index (χ1) is 5.24. The van der Waals surface area contributed by atoms with E-state index in [2.05, 4.69) is 4.74 Å². The fraction of sp³-hybridized carbons (Fsp3) is 0.857. The molecule has 0 aromatic carbocycles. The van der Waals surface area contributed by atoms with E-state index >= 15 is 0 Å². The van der Waals surface area contributed by atoms with Crippen LogP contribution in [-0.4, -0.2) is 38.0 Å². The van der Waals surface area contributed by atoms with E-state index in [9.17, 15) is 4.79 Å². The van der Waals surface area contributed by atoms with E-state index in [1.807, 2.05) is 18.7 Å². The molecule has 0 atom stereocenters. The first-order valence-corrected chi connectivity index (χ1v) is 3.67. The van der Waals surface area contributed by atoms with E-state index in [0.717, 1.165) is 13.1 Å². The second-order valence-electron chi connectivity index (χ2n) is 2.03. The van der Waals surface area contributed by atoms with Gasteiger partial charge in [-0.05, 0) is 13.1 Å². The normalized spacial score (nSPS) is 9.82. The van der Waals surface area contributed by atoms with Crippen LogP contribution in [0.1, 0.15) is 13.8 Å². The Kier molecular flexibility index (Phi) is 5.56. The predicted octanol–water partition coefficient (Wildman–Crippen LogP) is 1.07. The Balaban J connectivity index is 3.42. The van der Waals surface area contributed by atoms with Crippen LogP contribution in [0.5, 0.6) is 0 Å². The monoisotopic (exact) mass is 161 g/mol. The van der Waals surface area contributed by atoms with Gasteiger partial charge in [0.05, 0.1) is 7.11 Å². The molecule has 4 heteroatoms. The summed E-state index contributed by atoms with van der Waals surface area (Å²) < 4.78 is 9.00. The second-order valence-corrected chi connectivity index (χ2v) is 2.03. The molecule has 0 N–H and O–H groups in total. The molecule has 0 aromatic rings. The summed E-state index contributed by atoms with van der Waals surface area (Å²) in [4.78, 5) is 12.4. The number of rotatable bonds is 4. The summed E-state index contributed by atoms with van der Waals surface area (Å²) >= 11 is 0. The van der Waals surface area contributed by atoms with Gasteiger partial charge >= 0.3 is 6.16 Å². The van der Waals surface area contributed by atoms with Crippen LogP contribution in [0.2, 0.25) is 0 Å². The van der Waals surface area contributed by atoms with E-state index in [-0.39, 0.29) is 0 Å². The number of methoxy groups -OCH3 is 1. The lowest BCUT2D eigenvalue weighted by atomic mass is 10.6. The molecule has 0 aliphatic carbocycles. The van der Waals surface area contributed by atoms with Crippen LogP contribution in [0.15, 0.2) is 0 Å². The molecule has 0 aliphatic heterocycles. The highest BCUT2D eigenvalue weighted by Gasteiger charge is 2.03. The molecule has 0 saturated heterocycles. The molecule has 0 spiro atoms. The lowest BCUT2D eigenvalue weighted by Crippen LogP contribution is -2.27. The Morgan fingerprint density at radius 3 is 2.27 bits per heavy atom. The van der Waals surface area contributed by atoms with Crippen molar-refractivity contribution in [1.29, 1.82) is 0 Å². The molecule has 4 nitrogen and oxygen atoms in total. The largest absolute Gasteiger partial charge is 0.509 e. The maximum atomic E-state index is 10.5. The summed E-state index contributed by atoms with van der Waals surface area (Å²) in [7, 11) is 1.30. The molecule has 0 aromatic heterocycles. The predicted molar refractivity (Wildman–Crippen MR) is 41.3 cm³/mol. The van der Waals surface area contributed by atoms with Gasteiger partial charge in [-0.1, -0.05) is 13.8 Å². The van der Waals surface area contributed by atoms with Gasteiger partial charge in [-0.3, -0.25) is 4.90 Å². The number of hydrogen-bond donors (Lipinski definition) is 0. The quantitative estimate of drug-likeness (QED) is 0.456. The van der Waals surface area contributed by atoms with Gasteiger partial charge in [0.2, 0.25) is 0 Å². The number of nitrogens with zero attached hydrogens (tertiary/aromatic N) is 1. The lowest BCUT2D eigenvalue weighted by molar-refractivity contribution is 0.0271. The molecule has 0 aliphatic rings. The Bertz CT molecular complexity index is 112. The zero-order valence-corrected chi connectivity index (χ0v) is 7.29. The van der Waals surface area contributed by atoms with Crippen molar-refractivity contribution in [2.24, 2.45) is 0 Å². The van der Waals surface area contributed by atoms with Crippen molar-refractivity contribution in [2.45, 2.75) is 13.8 Å². The fourth-order valence-corrected chi connectivity index (χ4v) is 0.609. The molecule has 0 unspecified atom stereocenters. The van der Waals surface area contributed by atoms with Crippen LogP contribution >= 0.6 is 0 Å². The summed E-state index contributed by atoms with van der Waals surface area (Å²) in [5.41, 5.74) is 0. The lowest BCUT2D eigenvalue weighted by Gasteiger charge is -2.16. The number of hydrogen-bond acceptors (Lipinski definition) is 4. The smallest absolute Gasteiger partial charge is 0.438 e. The Hall–Kier alpha value is -0.770. The molecule has 0 saturated carbocycles. The van der Waals surface area contributed by atoms with Crippen molar-refractivity contribution < 1.29 is 14.3 Å². The molecule has 0 heterocycles. The first-order valence-electron chi connectivity index (χ1n) is 3.67. The summed E-state index contributed by atoms with van der Waals surface area (Å²) in [5.74, 6) is 0. The molecule has 0 fully saturated rings. The highest BCUT2D eigenvalue weighted by molar-refractivity contribution is 5.59. The van der Waals surface area contributed by atoms with Crippen LogP contribution < -0.4 is 0 Å². The number of carbonyl (C=O) groups excluding carboxylic acids is 1. The first kappa shape index (κ1) is 10.2. The molecule has 0 radical (unpaired) electrons. The number of carbonyl (C=O) groups is 1. The van der Waals surface area contributed by atoms with E-state index in [4.69, 9.17) is 4.74 Å². The van der Waals surface area contributed by atoms with Crippen molar-refractivity contribution in [3.8, 4) is 0 Å². The Morgan fingerprint density at radius 2 is 1.91 bits per heavy atom. The minimum Gasteiger partial charge on any atom is -0.438 e. The van der Waals surface area contributed by atoms with Crippen LogP contribution in [0.3, 0.4) is 0 Å². The van der Waals surface area contributed by atoms with Gasteiger partial charge in [0.1, 0.15) is 6.73 Å². The SMILES string of the molecule is CCN(CC)COC(=O)OC. The molecule has 0 rings (SSSR count). The van der Waals surface area contributed by atoms with Crippen LogP contribution in [0, 0.1) is 0 Å². The highest BCUT2D eigenvalue weighted by atomic mass is 16.7. The molecule has 0 bridgehead atoms. The van der Waals surface area contributed by atoms with Gasteiger partial charge in [-0.2, -0.15) is 0 Å². The minimum absolute atomic E-state index is 0.305. The molecule has 0 amide bonds. The van der Waals surface area contributed by atoms with E-state index in [1.165, 1.54) is 7.11 Å². The topological polar surface area (TPSA) is 38.8 Å². The van der Waals surface area contributed by atoms with Crippen molar-refractivity contribution >= 4 is 6.16 Å². The summed E-state index contributed by atoms with van der Waals surface area (Å²) in [6, 6.07) is 0. The van der Waals surface area contributed by atoms with Crippen LogP contribution in [0.25, 0.3) is 0 Å². The maximum Gasteiger partial charge on any atom is 0.509 e. The summed E-state index contributed by atoms with van der Waals surface area (Å²) in [6.45, 7) is 6.05. The van der Waals surface area contributed by atoms with Gasteiger partial charge in [0.25, 0.3) is 0 Å². The van der Waals surface area contributed by atoms with Gasteiger partial charge in [-0.25, -0.2) is 4.79 Å². The highest BCUT2D eigenvalue weighted by Crippen LogP contribution is 1.89. The van der Waals surface area contributed by atoms with Crippen LogP contribution in [0.4, 0.5) is 4.79 Å². The fourth-order valence-electron chi connectivity index (χ4n) is 0.609. The average Bonchev–Trinajstić information content (AvgIpc) is 2.06. The van der Waals surface area contributed by atoms with E-state index < -0.39 is 6.16 Å². The van der Waals surface area contributed by atoms with Crippen molar-refractivity contribution in [3.05, 3.63) is 0 Å². The van der Waals surface area contributed by atoms with E-state index in [0.29, 0.717) is 6.73 Å². The third-order valence-corrected chi connectivity index (χ3v) is 1.43.